The molecule has 0 spiro atoms. The zero-order chi connectivity index (χ0) is 19.7. The number of anilines is 2. The number of hydrogen-bond donors (Lipinski definition) is 2. The summed E-state index contributed by atoms with van der Waals surface area (Å²) in [6, 6.07) is 16.8. The second-order valence-corrected chi connectivity index (χ2v) is 7.09. The lowest BCUT2D eigenvalue weighted by Gasteiger charge is -2.09. The average molecular weight is 374 g/mol. The van der Waals surface area contributed by atoms with E-state index in [9.17, 15) is 9.59 Å². The number of carbonyl (C=O) groups is 2. The van der Waals surface area contributed by atoms with Gasteiger partial charge in [-0.1, -0.05) is 24.3 Å². The molecule has 0 saturated heterocycles. The number of nitrogens with zero attached hydrogens (tertiary/aromatic N) is 2. The fourth-order valence-corrected chi connectivity index (χ4v) is 3.16. The van der Waals surface area contributed by atoms with Crippen LogP contribution < -0.4 is 10.6 Å². The molecule has 0 radical (unpaired) electrons. The highest BCUT2D eigenvalue weighted by molar-refractivity contribution is 6.06. The van der Waals surface area contributed by atoms with Crippen molar-refractivity contribution in [1.29, 1.82) is 0 Å². The summed E-state index contributed by atoms with van der Waals surface area (Å²) >= 11 is 0. The predicted octanol–water partition coefficient (Wildman–Crippen LogP) is 4.09. The van der Waals surface area contributed by atoms with Crippen molar-refractivity contribution < 1.29 is 9.59 Å². The minimum absolute atomic E-state index is 0.0217. The number of amides is 2. The summed E-state index contributed by atoms with van der Waals surface area (Å²) in [6.07, 6.45) is 1.88. The molecule has 4 rings (SSSR count). The van der Waals surface area contributed by atoms with Gasteiger partial charge in [-0.25, -0.2) is 4.68 Å². The summed E-state index contributed by atoms with van der Waals surface area (Å²) in [5.41, 5.74) is 4.36. The topological polar surface area (TPSA) is 76.0 Å². The molecule has 1 aliphatic carbocycles. The Balaban J connectivity index is 1.54. The Morgan fingerprint density at radius 2 is 1.75 bits per heavy atom. The van der Waals surface area contributed by atoms with Crippen LogP contribution in [-0.4, -0.2) is 21.6 Å². The van der Waals surface area contributed by atoms with Crippen LogP contribution in [0.5, 0.6) is 0 Å². The maximum Gasteiger partial charge on any atom is 0.255 e. The lowest BCUT2D eigenvalue weighted by atomic mass is 10.1. The SMILES string of the molecule is Cc1nn(-c2ccccc2)c(C)c1NC(=O)c1cccc(NC(=O)C2CC2)c1. The second-order valence-electron chi connectivity index (χ2n) is 7.09. The lowest BCUT2D eigenvalue weighted by molar-refractivity contribution is -0.117. The largest absolute Gasteiger partial charge is 0.326 e. The molecule has 142 valence electrons. The Morgan fingerprint density at radius 1 is 1.00 bits per heavy atom. The van der Waals surface area contributed by atoms with E-state index in [1.807, 2.05) is 48.9 Å². The summed E-state index contributed by atoms with van der Waals surface area (Å²) in [5, 5.41) is 10.4. The molecule has 1 aromatic heterocycles. The minimum atomic E-state index is -0.235. The molecule has 0 atom stereocenters. The first-order chi connectivity index (χ1) is 13.5. The van der Waals surface area contributed by atoms with Crippen LogP contribution in [0.15, 0.2) is 54.6 Å². The van der Waals surface area contributed by atoms with Gasteiger partial charge in [0.25, 0.3) is 5.91 Å². The lowest BCUT2D eigenvalue weighted by Crippen LogP contribution is -2.16. The fourth-order valence-electron chi connectivity index (χ4n) is 3.16. The summed E-state index contributed by atoms with van der Waals surface area (Å²) in [5.74, 6) is -0.0960. The molecule has 0 aliphatic heterocycles. The molecule has 1 fully saturated rings. The molecule has 2 amide bonds. The zero-order valence-corrected chi connectivity index (χ0v) is 15.9. The first-order valence-corrected chi connectivity index (χ1v) is 9.37. The van der Waals surface area contributed by atoms with E-state index >= 15 is 0 Å². The van der Waals surface area contributed by atoms with Crippen molar-refractivity contribution in [2.75, 3.05) is 10.6 Å². The molecule has 0 unspecified atom stereocenters. The van der Waals surface area contributed by atoms with E-state index in [-0.39, 0.29) is 17.7 Å². The third-order valence-corrected chi connectivity index (χ3v) is 4.87. The van der Waals surface area contributed by atoms with Gasteiger partial charge in [-0.2, -0.15) is 5.10 Å². The molecule has 2 aromatic carbocycles. The number of aryl methyl sites for hydroxylation is 1. The Hall–Kier alpha value is -3.41. The van der Waals surface area contributed by atoms with Gasteiger partial charge in [-0.05, 0) is 57.0 Å². The molecule has 6 heteroatoms. The van der Waals surface area contributed by atoms with E-state index in [1.54, 1.807) is 24.3 Å². The average Bonchev–Trinajstić information content (AvgIpc) is 3.52. The van der Waals surface area contributed by atoms with Gasteiger partial charge in [0.1, 0.15) is 0 Å². The highest BCUT2D eigenvalue weighted by Gasteiger charge is 2.29. The summed E-state index contributed by atoms with van der Waals surface area (Å²) < 4.78 is 1.82. The molecular weight excluding hydrogens is 352 g/mol. The van der Waals surface area contributed by atoms with Gasteiger partial charge in [0.05, 0.1) is 22.8 Å². The van der Waals surface area contributed by atoms with E-state index in [4.69, 9.17) is 0 Å². The van der Waals surface area contributed by atoms with E-state index in [0.29, 0.717) is 16.9 Å². The van der Waals surface area contributed by atoms with Gasteiger partial charge in [-0.3, -0.25) is 9.59 Å². The smallest absolute Gasteiger partial charge is 0.255 e. The van der Waals surface area contributed by atoms with Crippen LogP contribution in [0.25, 0.3) is 5.69 Å². The maximum atomic E-state index is 12.8. The quantitative estimate of drug-likeness (QED) is 0.706. The van der Waals surface area contributed by atoms with Crippen molar-refractivity contribution in [1.82, 2.24) is 9.78 Å². The number of carbonyl (C=O) groups excluding carboxylic acids is 2. The Labute approximate surface area is 163 Å². The van der Waals surface area contributed by atoms with Crippen LogP contribution in [0.4, 0.5) is 11.4 Å². The van der Waals surface area contributed by atoms with Crippen LogP contribution in [0.3, 0.4) is 0 Å². The maximum absolute atomic E-state index is 12.8. The normalized spacial score (nSPS) is 13.2. The molecule has 28 heavy (non-hydrogen) atoms. The summed E-state index contributed by atoms with van der Waals surface area (Å²) in [4.78, 5) is 24.7. The second kappa shape index (κ2) is 7.31. The van der Waals surface area contributed by atoms with Crippen molar-refractivity contribution in [3.05, 3.63) is 71.5 Å². The van der Waals surface area contributed by atoms with Gasteiger partial charge in [0.15, 0.2) is 0 Å². The molecule has 3 aromatic rings. The Kier molecular flexibility index (Phi) is 4.69. The predicted molar refractivity (Wildman–Crippen MR) is 109 cm³/mol. The van der Waals surface area contributed by atoms with Crippen LogP contribution in [0.2, 0.25) is 0 Å². The molecule has 1 aliphatic rings. The molecule has 0 bridgehead atoms. The van der Waals surface area contributed by atoms with E-state index in [1.165, 1.54) is 0 Å². The summed E-state index contributed by atoms with van der Waals surface area (Å²) in [6.45, 7) is 3.79. The minimum Gasteiger partial charge on any atom is -0.326 e. The fraction of sp³-hybridized carbons (Fsp3) is 0.227. The van der Waals surface area contributed by atoms with Gasteiger partial charge in [0.2, 0.25) is 5.91 Å². The standard InChI is InChI=1S/C22H22N4O2/c1-14-20(15(2)26(25-14)19-9-4-3-5-10-19)24-22(28)17-7-6-8-18(13-17)23-21(27)16-11-12-16/h3-10,13,16H,11-12H2,1-2H3,(H,23,27)(H,24,28). The van der Waals surface area contributed by atoms with Crippen LogP contribution in [-0.2, 0) is 4.79 Å². The summed E-state index contributed by atoms with van der Waals surface area (Å²) in [7, 11) is 0. The number of hydrogen-bond acceptors (Lipinski definition) is 3. The van der Waals surface area contributed by atoms with E-state index in [0.717, 1.165) is 29.9 Å². The van der Waals surface area contributed by atoms with Crippen molar-refractivity contribution in [2.24, 2.45) is 5.92 Å². The van der Waals surface area contributed by atoms with Gasteiger partial charge >= 0.3 is 0 Å². The van der Waals surface area contributed by atoms with E-state index in [2.05, 4.69) is 15.7 Å². The number of nitrogens with one attached hydrogen (secondary N) is 2. The first kappa shape index (κ1) is 18.0. The number of aromatic nitrogens is 2. The van der Waals surface area contributed by atoms with Crippen LogP contribution >= 0.6 is 0 Å². The van der Waals surface area contributed by atoms with Crippen molar-refractivity contribution in [3.8, 4) is 5.69 Å². The van der Waals surface area contributed by atoms with Crippen molar-refractivity contribution in [3.63, 3.8) is 0 Å². The highest BCUT2D eigenvalue weighted by atomic mass is 16.2. The molecule has 1 saturated carbocycles. The van der Waals surface area contributed by atoms with Crippen molar-refractivity contribution in [2.45, 2.75) is 26.7 Å². The Bertz CT molecular complexity index is 1040. The van der Waals surface area contributed by atoms with Crippen LogP contribution in [0.1, 0.15) is 34.6 Å². The molecule has 6 nitrogen and oxygen atoms in total. The number of rotatable bonds is 5. The van der Waals surface area contributed by atoms with Gasteiger partial charge < -0.3 is 10.6 Å². The molecule has 2 N–H and O–H groups in total. The van der Waals surface area contributed by atoms with E-state index < -0.39 is 0 Å². The van der Waals surface area contributed by atoms with Gasteiger partial charge in [-0.15, -0.1) is 0 Å². The zero-order valence-electron chi connectivity index (χ0n) is 15.9. The number of para-hydroxylation sites is 1. The third-order valence-electron chi connectivity index (χ3n) is 4.87. The monoisotopic (exact) mass is 374 g/mol. The third kappa shape index (κ3) is 3.67. The highest BCUT2D eigenvalue weighted by Crippen LogP contribution is 2.30. The first-order valence-electron chi connectivity index (χ1n) is 9.37. The number of benzene rings is 2. The van der Waals surface area contributed by atoms with Gasteiger partial charge in [0, 0.05) is 17.2 Å². The molecule has 1 heterocycles. The van der Waals surface area contributed by atoms with Crippen LogP contribution in [0, 0.1) is 19.8 Å². The molecular formula is C22H22N4O2. The van der Waals surface area contributed by atoms with Crippen molar-refractivity contribution >= 4 is 23.2 Å². The Morgan fingerprint density at radius 3 is 2.46 bits per heavy atom.